The van der Waals surface area contributed by atoms with Crippen LogP contribution in [0.1, 0.15) is 141 Å². The van der Waals surface area contributed by atoms with Gasteiger partial charge in [0.1, 0.15) is 5.78 Å². The molecule has 0 aliphatic heterocycles. The maximum absolute atomic E-state index is 11.5. The van der Waals surface area contributed by atoms with Crippen molar-refractivity contribution in [3.05, 3.63) is 0 Å². The minimum atomic E-state index is -0.215. The van der Waals surface area contributed by atoms with E-state index in [0.717, 1.165) is 23.7 Å². The van der Waals surface area contributed by atoms with Crippen molar-refractivity contribution in [1.29, 1.82) is 0 Å². The molecule has 5 nitrogen and oxygen atoms in total. The zero-order valence-electron chi connectivity index (χ0n) is 25.1. The number of rotatable bonds is 17. The lowest BCUT2D eigenvalue weighted by Gasteiger charge is -2.06. The Labute approximate surface area is 287 Å². The summed E-state index contributed by atoms with van der Waals surface area (Å²) in [5.74, 6) is 6.09. The third-order valence-corrected chi connectivity index (χ3v) is 7.28. The maximum atomic E-state index is 11.5. The van der Waals surface area contributed by atoms with E-state index in [0.29, 0.717) is 53.5 Å². The van der Waals surface area contributed by atoms with Crippen LogP contribution in [0, 0.1) is 23.2 Å². The van der Waals surface area contributed by atoms with Crippen molar-refractivity contribution in [2.75, 3.05) is 47.7 Å². The van der Waals surface area contributed by atoms with Crippen molar-refractivity contribution < 1.29 is 23.9 Å². The molecule has 0 unspecified atom stereocenters. The molecule has 0 amide bonds. The average molecular weight is 681 g/mol. The van der Waals surface area contributed by atoms with Gasteiger partial charge < -0.3 is 9.47 Å². The van der Waals surface area contributed by atoms with Crippen molar-refractivity contribution in [1.82, 2.24) is 0 Å². The van der Waals surface area contributed by atoms with Crippen molar-refractivity contribution in [3.8, 4) is 0 Å². The molecule has 0 aromatic rings. The molecule has 0 aromatic heterocycles. The van der Waals surface area contributed by atoms with E-state index in [1.807, 2.05) is 6.92 Å². The Kier molecular flexibility index (Phi) is 74.4. The predicted molar refractivity (Wildman–Crippen MR) is 211 cm³/mol. The zero-order valence-corrected chi connectivity index (χ0v) is 27.5. The first-order valence-electron chi connectivity index (χ1n) is 13.1. The van der Waals surface area contributed by atoms with Crippen LogP contribution in [0.15, 0.2) is 0 Å². The summed E-state index contributed by atoms with van der Waals surface area (Å²) in [6.07, 6.45) is 1.24. The Morgan fingerprint density at radius 3 is 1.12 bits per heavy atom. The Bertz CT molecular complexity index is 514. The Hall–Kier alpha value is -0.340. The molecule has 0 atom stereocenters. The number of carbonyl (C=O) groups excluding carboxylic acids is 3. The molecule has 0 saturated heterocycles. The summed E-state index contributed by atoms with van der Waals surface area (Å²) < 4.78 is 9.95. The molecule has 0 spiro atoms. The highest BCUT2D eigenvalue weighted by molar-refractivity contribution is 8.00. The number of Topliss-reactive ketones (excluding diaryl/α,β-unsaturated/α-hetero) is 1. The first kappa shape index (κ1) is 69.4. The molecule has 0 saturated carbocycles. The van der Waals surface area contributed by atoms with E-state index in [1.54, 1.807) is 35.3 Å². The molecule has 0 rings (SSSR count). The van der Waals surface area contributed by atoms with Gasteiger partial charge in [0.2, 0.25) is 0 Å². The topological polar surface area (TPSA) is 69.7 Å². The van der Waals surface area contributed by atoms with Crippen molar-refractivity contribution >= 4 is 53.0 Å². The standard InChI is InChI=1S/C14H26O3S2.C9H18O2S.C5H12.7CH4/c1-11(2)7-18-9-13(15)5-6-17-14(16)10-19-8-12(3)4;1-4-5-11-9(10)7-12-6-8(2)3;1-5(2,3)4;;;;;;;/h11-12H,5-10H2,1-4H3;8H,4-7H2,1-3H3;1-4H3;7*1H4. The van der Waals surface area contributed by atoms with Crippen LogP contribution in [0.5, 0.6) is 0 Å². The molecule has 8 heteroatoms. The highest BCUT2D eigenvalue weighted by Gasteiger charge is 2.07. The highest BCUT2D eigenvalue weighted by atomic mass is 32.2. The second-order valence-electron chi connectivity index (χ2n) is 11.5. The molecular formula is C35H84O5S3. The van der Waals surface area contributed by atoms with Gasteiger partial charge in [-0.2, -0.15) is 11.8 Å². The molecule has 0 aliphatic rings. The lowest BCUT2D eigenvalue weighted by molar-refractivity contribution is -0.141. The van der Waals surface area contributed by atoms with Crippen LogP contribution in [0.25, 0.3) is 0 Å². The van der Waals surface area contributed by atoms with Crippen LogP contribution in [0.2, 0.25) is 0 Å². The van der Waals surface area contributed by atoms with Crippen LogP contribution in [0.4, 0.5) is 0 Å². The van der Waals surface area contributed by atoms with Gasteiger partial charge in [-0.25, -0.2) is 0 Å². The normalized spacial score (nSPS) is 9.16. The van der Waals surface area contributed by atoms with Crippen LogP contribution < -0.4 is 0 Å². The second kappa shape index (κ2) is 46.1. The van der Waals surface area contributed by atoms with E-state index in [-0.39, 0.29) is 76.3 Å². The Balaban J connectivity index is -0.0000000499. The van der Waals surface area contributed by atoms with E-state index in [2.05, 4.69) is 69.2 Å². The van der Waals surface area contributed by atoms with Crippen LogP contribution >= 0.6 is 35.3 Å². The minimum absolute atomic E-state index is 0. The molecule has 0 aliphatic carbocycles. The fourth-order valence-corrected chi connectivity index (χ4v) is 4.45. The quantitative estimate of drug-likeness (QED) is 0.141. The predicted octanol–water partition coefficient (Wildman–Crippen LogP) is 12.1. The average Bonchev–Trinajstić information content (AvgIpc) is 2.70. The number of esters is 2. The summed E-state index contributed by atoms with van der Waals surface area (Å²) in [5.41, 5.74) is 0.500. The van der Waals surface area contributed by atoms with E-state index >= 15 is 0 Å². The Morgan fingerprint density at radius 1 is 0.558 bits per heavy atom. The molecule has 0 N–H and O–H groups in total. The number of hydrogen-bond acceptors (Lipinski definition) is 8. The van der Waals surface area contributed by atoms with Gasteiger partial charge in [0.05, 0.1) is 30.5 Å². The lowest BCUT2D eigenvalue weighted by atomic mass is 10.0. The largest absolute Gasteiger partial charge is 0.465 e. The summed E-state index contributed by atoms with van der Waals surface area (Å²) in [6.45, 7) is 24.3. The van der Waals surface area contributed by atoms with Gasteiger partial charge in [0.25, 0.3) is 0 Å². The fraction of sp³-hybridized carbons (Fsp3) is 0.914. The maximum Gasteiger partial charge on any atom is 0.315 e. The van der Waals surface area contributed by atoms with Gasteiger partial charge in [-0.05, 0) is 46.8 Å². The zero-order chi connectivity index (χ0) is 28.6. The minimum Gasteiger partial charge on any atom is -0.465 e. The van der Waals surface area contributed by atoms with Crippen LogP contribution in [-0.2, 0) is 23.9 Å². The second-order valence-corrected chi connectivity index (χ2v) is 14.5. The number of ether oxygens (including phenoxy) is 2. The van der Waals surface area contributed by atoms with Crippen LogP contribution in [-0.4, -0.2) is 65.5 Å². The smallest absolute Gasteiger partial charge is 0.315 e. The molecule has 272 valence electrons. The third-order valence-electron chi connectivity index (χ3n) is 3.17. The first-order valence-corrected chi connectivity index (χ1v) is 16.6. The molecule has 43 heavy (non-hydrogen) atoms. The molecule has 0 aromatic carbocycles. The molecule has 0 fully saturated rings. The molecule has 0 heterocycles. The van der Waals surface area contributed by atoms with Crippen molar-refractivity contribution in [2.24, 2.45) is 23.2 Å². The van der Waals surface area contributed by atoms with Gasteiger partial charge in [0, 0.05) is 6.42 Å². The molecule has 0 radical (unpaired) electrons. The van der Waals surface area contributed by atoms with E-state index in [4.69, 9.17) is 9.47 Å². The van der Waals surface area contributed by atoms with Gasteiger partial charge in [-0.3, -0.25) is 14.4 Å². The Morgan fingerprint density at radius 2 is 0.837 bits per heavy atom. The fourth-order valence-electron chi connectivity index (χ4n) is 1.81. The van der Waals surface area contributed by atoms with E-state index < -0.39 is 0 Å². The van der Waals surface area contributed by atoms with E-state index in [1.165, 1.54) is 0 Å². The summed E-state index contributed by atoms with van der Waals surface area (Å²) in [5, 5.41) is 0. The monoisotopic (exact) mass is 681 g/mol. The number of carbonyl (C=O) groups is 3. The van der Waals surface area contributed by atoms with Crippen LogP contribution in [0.3, 0.4) is 0 Å². The highest BCUT2D eigenvalue weighted by Crippen LogP contribution is 2.10. The van der Waals surface area contributed by atoms with Gasteiger partial charge in [-0.1, -0.05) is 128 Å². The third kappa shape index (κ3) is 85.6. The van der Waals surface area contributed by atoms with E-state index in [9.17, 15) is 14.4 Å². The first-order chi connectivity index (χ1) is 16.6. The van der Waals surface area contributed by atoms with Crippen molar-refractivity contribution in [2.45, 2.75) is 141 Å². The van der Waals surface area contributed by atoms with Gasteiger partial charge in [0.15, 0.2) is 0 Å². The number of hydrogen-bond donors (Lipinski definition) is 0. The summed E-state index contributed by atoms with van der Waals surface area (Å²) in [6, 6.07) is 0. The molecular weight excluding hydrogens is 597 g/mol. The summed E-state index contributed by atoms with van der Waals surface area (Å²) in [4.78, 5) is 33.8. The van der Waals surface area contributed by atoms with Gasteiger partial charge >= 0.3 is 11.9 Å². The molecule has 0 bridgehead atoms. The number of ketones is 1. The summed E-state index contributed by atoms with van der Waals surface area (Å²) >= 11 is 4.88. The van der Waals surface area contributed by atoms with Gasteiger partial charge in [-0.15, -0.1) is 23.5 Å². The van der Waals surface area contributed by atoms with Crippen molar-refractivity contribution in [3.63, 3.8) is 0 Å². The SMILES string of the molecule is C.C.C.C.C.C.C.CC(C)(C)C.CC(C)CSCC(=O)CCOC(=O)CSCC(C)C.CCCOC(=O)CSCC(C)C. The summed E-state index contributed by atoms with van der Waals surface area (Å²) in [7, 11) is 0. The number of thioether (sulfide) groups is 3. The lowest BCUT2D eigenvalue weighted by Crippen LogP contribution is -2.13.